The van der Waals surface area contributed by atoms with Crippen LogP contribution in [0.4, 0.5) is 8.78 Å². The summed E-state index contributed by atoms with van der Waals surface area (Å²) in [6.07, 6.45) is 4.58. The SMILES string of the molecule is CNCCC1CCN(C(=O)c2cn[nH]c2-c2cccc(OC(F)F)c2)CC1.Cl. The third kappa shape index (κ3) is 5.42. The minimum Gasteiger partial charge on any atom is -0.435 e. The Bertz CT molecular complexity index is 764. The van der Waals surface area contributed by atoms with Gasteiger partial charge in [-0.3, -0.25) is 9.89 Å². The molecular weight excluding hydrogens is 390 g/mol. The van der Waals surface area contributed by atoms with Crippen LogP contribution in [0, 0.1) is 5.92 Å². The van der Waals surface area contributed by atoms with Crippen molar-refractivity contribution >= 4 is 18.3 Å². The second-order valence-electron chi connectivity index (χ2n) is 6.69. The van der Waals surface area contributed by atoms with Crippen molar-refractivity contribution in [1.82, 2.24) is 20.4 Å². The predicted octanol–water partition coefficient (Wildman–Crippen LogP) is 3.56. The Morgan fingerprint density at radius 2 is 2.14 bits per heavy atom. The van der Waals surface area contributed by atoms with E-state index < -0.39 is 6.61 Å². The fourth-order valence-electron chi connectivity index (χ4n) is 3.44. The van der Waals surface area contributed by atoms with Gasteiger partial charge in [0.1, 0.15) is 5.75 Å². The van der Waals surface area contributed by atoms with Crippen LogP contribution in [0.15, 0.2) is 30.5 Å². The number of benzene rings is 1. The number of alkyl halides is 2. The van der Waals surface area contributed by atoms with Crippen molar-refractivity contribution in [2.45, 2.75) is 25.9 Å². The number of nitrogens with one attached hydrogen (secondary N) is 2. The van der Waals surface area contributed by atoms with Crippen LogP contribution in [0.25, 0.3) is 11.3 Å². The first-order valence-corrected chi connectivity index (χ1v) is 9.11. The Balaban J connectivity index is 0.00000280. The van der Waals surface area contributed by atoms with Crippen LogP contribution < -0.4 is 10.1 Å². The minimum absolute atomic E-state index is 0. The van der Waals surface area contributed by atoms with E-state index in [4.69, 9.17) is 0 Å². The number of ether oxygens (including phenoxy) is 1. The summed E-state index contributed by atoms with van der Waals surface area (Å²) >= 11 is 0. The van der Waals surface area contributed by atoms with Gasteiger partial charge in [0.05, 0.1) is 17.5 Å². The number of aromatic nitrogens is 2. The lowest BCUT2D eigenvalue weighted by Crippen LogP contribution is -2.39. The predicted molar refractivity (Wildman–Crippen MR) is 105 cm³/mol. The van der Waals surface area contributed by atoms with Crippen LogP contribution in [0.1, 0.15) is 29.6 Å². The minimum atomic E-state index is -2.90. The summed E-state index contributed by atoms with van der Waals surface area (Å²) in [4.78, 5) is 14.8. The molecule has 2 N–H and O–H groups in total. The summed E-state index contributed by atoms with van der Waals surface area (Å²) in [6, 6.07) is 6.26. The topological polar surface area (TPSA) is 70.2 Å². The molecule has 1 aromatic carbocycles. The average molecular weight is 415 g/mol. The summed E-state index contributed by atoms with van der Waals surface area (Å²) < 4.78 is 29.3. The molecule has 1 aliphatic rings. The Kier molecular flexibility index (Phi) is 8.19. The molecule has 2 heterocycles. The van der Waals surface area contributed by atoms with Crippen LogP contribution in [-0.4, -0.2) is 54.3 Å². The van der Waals surface area contributed by atoms with E-state index in [2.05, 4.69) is 20.3 Å². The maximum Gasteiger partial charge on any atom is 0.387 e. The van der Waals surface area contributed by atoms with Gasteiger partial charge in [-0.05, 0) is 50.9 Å². The lowest BCUT2D eigenvalue weighted by molar-refractivity contribution is -0.0498. The number of H-pyrrole nitrogens is 1. The summed E-state index contributed by atoms with van der Waals surface area (Å²) in [7, 11) is 1.94. The van der Waals surface area contributed by atoms with Crippen LogP contribution in [0.5, 0.6) is 5.75 Å². The third-order valence-electron chi connectivity index (χ3n) is 4.92. The van der Waals surface area contributed by atoms with Crippen LogP contribution in [-0.2, 0) is 0 Å². The molecule has 0 unspecified atom stereocenters. The van der Waals surface area contributed by atoms with Gasteiger partial charge in [0.2, 0.25) is 0 Å². The molecule has 1 saturated heterocycles. The van der Waals surface area contributed by atoms with Gasteiger partial charge in [0.25, 0.3) is 5.91 Å². The van der Waals surface area contributed by atoms with E-state index in [0.717, 1.165) is 25.8 Å². The first-order chi connectivity index (χ1) is 13.1. The number of aromatic amines is 1. The molecule has 1 fully saturated rings. The van der Waals surface area contributed by atoms with E-state index in [1.165, 1.54) is 18.3 Å². The highest BCUT2D eigenvalue weighted by Gasteiger charge is 2.26. The van der Waals surface area contributed by atoms with Crippen molar-refractivity contribution in [3.63, 3.8) is 0 Å². The van der Waals surface area contributed by atoms with Crippen molar-refractivity contribution < 1.29 is 18.3 Å². The van der Waals surface area contributed by atoms with E-state index >= 15 is 0 Å². The largest absolute Gasteiger partial charge is 0.435 e. The van der Waals surface area contributed by atoms with Gasteiger partial charge in [-0.15, -0.1) is 12.4 Å². The van der Waals surface area contributed by atoms with E-state index in [-0.39, 0.29) is 24.1 Å². The molecule has 154 valence electrons. The number of rotatable bonds is 7. The highest BCUT2D eigenvalue weighted by Crippen LogP contribution is 2.28. The fraction of sp³-hybridized carbons (Fsp3) is 0.474. The third-order valence-corrected chi connectivity index (χ3v) is 4.92. The van der Waals surface area contributed by atoms with Gasteiger partial charge < -0.3 is 15.0 Å². The normalized spacial score (nSPS) is 14.8. The molecule has 6 nitrogen and oxygen atoms in total. The number of carbonyl (C=O) groups is 1. The quantitative estimate of drug-likeness (QED) is 0.726. The van der Waals surface area contributed by atoms with Gasteiger partial charge in [0, 0.05) is 18.7 Å². The number of hydrogen-bond donors (Lipinski definition) is 2. The Morgan fingerprint density at radius 3 is 2.82 bits per heavy atom. The molecule has 0 aliphatic carbocycles. The van der Waals surface area contributed by atoms with E-state index in [1.807, 2.05) is 11.9 Å². The molecule has 0 spiro atoms. The highest BCUT2D eigenvalue weighted by atomic mass is 35.5. The number of piperidine rings is 1. The summed E-state index contributed by atoms with van der Waals surface area (Å²) in [5.41, 5.74) is 1.54. The summed E-state index contributed by atoms with van der Waals surface area (Å²) in [5.74, 6) is 0.584. The second kappa shape index (κ2) is 10.4. The molecule has 0 radical (unpaired) electrons. The zero-order valence-corrected chi connectivity index (χ0v) is 16.5. The summed E-state index contributed by atoms with van der Waals surface area (Å²) in [5, 5.41) is 9.96. The number of carbonyl (C=O) groups excluding carboxylic acids is 1. The Labute approximate surface area is 169 Å². The molecule has 2 aromatic rings. The number of hydrogen-bond acceptors (Lipinski definition) is 4. The zero-order chi connectivity index (χ0) is 19.2. The maximum atomic E-state index is 12.9. The average Bonchev–Trinajstić information content (AvgIpc) is 3.16. The van der Waals surface area contributed by atoms with Gasteiger partial charge >= 0.3 is 6.61 Å². The lowest BCUT2D eigenvalue weighted by Gasteiger charge is -2.32. The van der Waals surface area contributed by atoms with Crippen LogP contribution in [0.3, 0.4) is 0 Å². The van der Waals surface area contributed by atoms with Crippen LogP contribution >= 0.6 is 12.4 Å². The Morgan fingerprint density at radius 1 is 1.39 bits per heavy atom. The fourth-order valence-corrected chi connectivity index (χ4v) is 3.44. The number of likely N-dealkylation sites (tertiary alicyclic amines) is 1. The number of nitrogens with zero attached hydrogens (tertiary/aromatic N) is 2. The first kappa shape index (κ1) is 22.1. The molecule has 0 saturated carbocycles. The molecule has 1 aromatic heterocycles. The van der Waals surface area contributed by atoms with Gasteiger partial charge in [-0.25, -0.2) is 0 Å². The lowest BCUT2D eigenvalue weighted by atomic mass is 9.93. The molecule has 1 amide bonds. The van der Waals surface area contributed by atoms with Crippen LogP contribution in [0.2, 0.25) is 0 Å². The molecular formula is C19H25ClF2N4O2. The number of halogens is 3. The second-order valence-corrected chi connectivity index (χ2v) is 6.69. The van der Waals surface area contributed by atoms with Crippen molar-refractivity contribution in [2.24, 2.45) is 5.92 Å². The molecule has 3 rings (SSSR count). The van der Waals surface area contributed by atoms with Crippen molar-refractivity contribution in [3.05, 3.63) is 36.0 Å². The van der Waals surface area contributed by atoms with Gasteiger partial charge in [-0.2, -0.15) is 13.9 Å². The molecule has 9 heteroatoms. The van der Waals surface area contributed by atoms with E-state index in [0.29, 0.717) is 35.8 Å². The number of amides is 1. The van der Waals surface area contributed by atoms with Gasteiger partial charge in [-0.1, -0.05) is 12.1 Å². The molecule has 1 aliphatic heterocycles. The molecule has 0 bridgehead atoms. The monoisotopic (exact) mass is 414 g/mol. The van der Waals surface area contributed by atoms with Crippen molar-refractivity contribution in [1.29, 1.82) is 0 Å². The molecule has 28 heavy (non-hydrogen) atoms. The van der Waals surface area contributed by atoms with E-state index in [1.54, 1.807) is 12.1 Å². The maximum absolute atomic E-state index is 12.9. The Hall–Kier alpha value is -2.19. The van der Waals surface area contributed by atoms with Gasteiger partial charge in [0.15, 0.2) is 0 Å². The standard InChI is InChI=1S/C19H24F2N4O2.ClH/c1-22-8-5-13-6-9-25(10-7-13)18(26)16-12-23-24-17(16)14-3-2-4-15(11-14)27-19(20)21;/h2-4,11-13,19,22H,5-10H2,1H3,(H,23,24);1H. The van der Waals surface area contributed by atoms with Crippen molar-refractivity contribution in [2.75, 3.05) is 26.7 Å². The van der Waals surface area contributed by atoms with Crippen molar-refractivity contribution in [3.8, 4) is 17.0 Å². The molecule has 0 atom stereocenters. The summed E-state index contributed by atoms with van der Waals surface area (Å²) in [6.45, 7) is -0.479. The first-order valence-electron chi connectivity index (χ1n) is 9.11. The van der Waals surface area contributed by atoms with E-state index in [9.17, 15) is 13.6 Å². The smallest absolute Gasteiger partial charge is 0.387 e. The zero-order valence-electron chi connectivity index (χ0n) is 15.7. The highest BCUT2D eigenvalue weighted by molar-refractivity contribution is 5.99.